The second-order valence-electron chi connectivity index (χ2n) is 6.79. The van der Waals surface area contributed by atoms with Gasteiger partial charge < -0.3 is 13.7 Å². The highest BCUT2D eigenvalue weighted by Gasteiger charge is 2.28. The number of aryl methyl sites for hydroxylation is 1. The van der Waals surface area contributed by atoms with Gasteiger partial charge in [-0.3, -0.25) is 9.69 Å². The van der Waals surface area contributed by atoms with E-state index in [-0.39, 0.29) is 11.9 Å². The molecule has 7 heteroatoms. The van der Waals surface area contributed by atoms with Crippen molar-refractivity contribution in [3.63, 3.8) is 0 Å². The SMILES string of the molecule is Cc1ccc(-c2nnc([C@H](C)N3CCN(C(=O)c4ccco4)CC3)o2)cc1. The van der Waals surface area contributed by atoms with Crippen LogP contribution in [0.4, 0.5) is 0 Å². The van der Waals surface area contributed by atoms with Crippen LogP contribution in [0.2, 0.25) is 0 Å². The third-order valence-corrected chi connectivity index (χ3v) is 4.98. The first-order valence-electron chi connectivity index (χ1n) is 9.09. The number of aromatic nitrogens is 2. The van der Waals surface area contributed by atoms with E-state index in [0.29, 0.717) is 30.6 Å². The summed E-state index contributed by atoms with van der Waals surface area (Å²) in [5, 5.41) is 8.42. The lowest BCUT2D eigenvalue weighted by atomic mass is 10.1. The number of benzene rings is 1. The van der Waals surface area contributed by atoms with Crippen molar-refractivity contribution >= 4 is 5.91 Å². The fourth-order valence-electron chi connectivity index (χ4n) is 3.24. The van der Waals surface area contributed by atoms with Gasteiger partial charge in [-0.25, -0.2) is 0 Å². The first kappa shape index (κ1) is 17.5. The van der Waals surface area contributed by atoms with E-state index < -0.39 is 0 Å². The summed E-state index contributed by atoms with van der Waals surface area (Å²) in [4.78, 5) is 16.4. The molecule has 3 heterocycles. The van der Waals surface area contributed by atoms with E-state index in [4.69, 9.17) is 8.83 Å². The van der Waals surface area contributed by atoms with E-state index in [9.17, 15) is 4.79 Å². The summed E-state index contributed by atoms with van der Waals surface area (Å²) in [6.07, 6.45) is 1.52. The van der Waals surface area contributed by atoms with Crippen LogP contribution in [0.15, 0.2) is 51.5 Å². The maximum Gasteiger partial charge on any atom is 0.289 e. The van der Waals surface area contributed by atoms with Crippen molar-refractivity contribution in [1.82, 2.24) is 20.0 Å². The van der Waals surface area contributed by atoms with Crippen LogP contribution in [0.25, 0.3) is 11.5 Å². The highest BCUT2D eigenvalue weighted by Crippen LogP contribution is 2.25. The number of rotatable bonds is 4. The van der Waals surface area contributed by atoms with Crippen molar-refractivity contribution in [3.8, 4) is 11.5 Å². The van der Waals surface area contributed by atoms with Crippen molar-refractivity contribution in [1.29, 1.82) is 0 Å². The second-order valence-corrected chi connectivity index (χ2v) is 6.79. The van der Waals surface area contributed by atoms with E-state index in [1.54, 1.807) is 12.1 Å². The summed E-state index contributed by atoms with van der Waals surface area (Å²) in [6, 6.07) is 11.4. The molecule has 1 aromatic carbocycles. The zero-order valence-electron chi connectivity index (χ0n) is 15.5. The Hall–Kier alpha value is -2.93. The predicted molar refractivity (Wildman–Crippen MR) is 99.1 cm³/mol. The van der Waals surface area contributed by atoms with Crippen LogP contribution < -0.4 is 0 Å². The maximum absolute atomic E-state index is 12.4. The number of hydrogen-bond donors (Lipinski definition) is 0. The number of piperazine rings is 1. The molecule has 0 aliphatic carbocycles. The number of carbonyl (C=O) groups is 1. The van der Waals surface area contributed by atoms with E-state index in [1.807, 2.05) is 36.1 Å². The highest BCUT2D eigenvalue weighted by molar-refractivity contribution is 5.91. The molecule has 4 rings (SSSR count). The molecule has 0 saturated carbocycles. The topological polar surface area (TPSA) is 75.6 Å². The Labute approximate surface area is 157 Å². The molecule has 0 N–H and O–H groups in total. The summed E-state index contributed by atoms with van der Waals surface area (Å²) in [6.45, 7) is 6.87. The monoisotopic (exact) mass is 366 g/mol. The molecule has 1 atom stereocenters. The second kappa shape index (κ2) is 7.36. The molecular weight excluding hydrogens is 344 g/mol. The van der Waals surface area contributed by atoms with Crippen LogP contribution >= 0.6 is 0 Å². The van der Waals surface area contributed by atoms with Crippen molar-refractivity contribution in [2.45, 2.75) is 19.9 Å². The molecule has 27 heavy (non-hydrogen) atoms. The third-order valence-electron chi connectivity index (χ3n) is 4.98. The van der Waals surface area contributed by atoms with Crippen LogP contribution in [0.1, 0.15) is 35.0 Å². The molecule has 2 aromatic heterocycles. The van der Waals surface area contributed by atoms with Gasteiger partial charge in [-0.1, -0.05) is 17.7 Å². The number of amides is 1. The minimum atomic E-state index is -0.0632. The maximum atomic E-state index is 12.4. The Bertz CT molecular complexity index is 894. The Kier molecular flexibility index (Phi) is 4.77. The lowest BCUT2D eigenvalue weighted by Crippen LogP contribution is -2.49. The van der Waals surface area contributed by atoms with Gasteiger partial charge in [-0.2, -0.15) is 0 Å². The van der Waals surface area contributed by atoms with Gasteiger partial charge in [0, 0.05) is 31.7 Å². The van der Waals surface area contributed by atoms with E-state index in [2.05, 4.69) is 22.0 Å². The zero-order valence-corrected chi connectivity index (χ0v) is 15.5. The fraction of sp³-hybridized carbons (Fsp3) is 0.350. The average Bonchev–Trinajstić information content (AvgIpc) is 3.40. The van der Waals surface area contributed by atoms with Crippen LogP contribution in [-0.2, 0) is 0 Å². The number of carbonyl (C=O) groups excluding carboxylic acids is 1. The first-order valence-corrected chi connectivity index (χ1v) is 9.09. The van der Waals surface area contributed by atoms with Crippen LogP contribution in [0.3, 0.4) is 0 Å². The van der Waals surface area contributed by atoms with Crippen molar-refractivity contribution in [3.05, 3.63) is 59.9 Å². The molecule has 1 aliphatic rings. The summed E-state index contributed by atoms with van der Waals surface area (Å²) < 4.78 is 11.1. The van der Waals surface area contributed by atoms with Crippen molar-refractivity contribution < 1.29 is 13.6 Å². The standard InChI is InChI=1S/C20H22N4O3/c1-14-5-7-16(8-6-14)19-22-21-18(27-19)15(2)23-9-11-24(12-10-23)20(25)17-4-3-13-26-17/h3-8,13,15H,9-12H2,1-2H3/t15-/m0/s1. The number of hydrogen-bond acceptors (Lipinski definition) is 6. The molecule has 140 valence electrons. The summed E-state index contributed by atoms with van der Waals surface area (Å²) >= 11 is 0. The molecule has 1 aliphatic heterocycles. The largest absolute Gasteiger partial charge is 0.459 e. The van der Waals surface area contributed by atoms with Crippen molar-refractivity contribution in [2.24, 2.45) is 0 Å². The van der Waals surface area contributed by atoms with Gasteiger partial charge in [0.25, 0.3) is 5.91 Å². The Morgan fingerprint density at radius 3 is 2.48 bits per heavy atom. The van der Waals surface area contributed by atoms with Crippen molar-refractivity contribution in [2.75, 3.05) is 26.2 Å². The Balaban J connectivity index is 1.39. The summed E-state index contributed by atoms with van der Waals surface area (Å²) in [7, 11) is 0. The number of furan rings is 1. The minimum Gasteiger partial charge on any atom is -0.459 e. The number of nitrogens with zero attached hydrogens (tertiary/aromatic N) is 4. The summed E-state index contributed by atoms with van der Waals surface area (Å²) in [5.74, 6) is 1.45. The molecule has 0 spiro atoms. The zero-order chi connectivity index (χ0) is 18.8. The quantitative estimate of drug-likeness (QED) is 0.706. The van der Waals surface area contributed by atoms with Gasteiger partial charge in [0.2, 0.25) is 11.8 Å². The van der Waals surface area contributed by atoms with Gasteiger partial charge in [0.1, 0.15) is 0 Å². The molecule has 0 unspecified atom stereocenters. The van der Waals surface area contributed by atoms with Crippen LogP contribution in [0, 0.1) is 6.92 Å². The fourth-order valence-corrected chi connectivity index (χ4v) is 3.24. The van der Waals surface area contributed by atoms with E-state index >= 15 is 0 Å². The van der Waals surface area contributed by atoms with Gasteiger partial charge in [0.15, 0.2) is 5.76 Å². The normalized spacial score (nSPS) is 16.4. The molecule has 3 aromatic rings. The van der Waals surface area contributed by atoms with Crippen LogP contribution in [-0.4, -0.2) is 52.1 Å². The Morgan fingerprint density at radius 2 is 1.81 bits per heavy atom. The van der Waals surface area contributed by atoms with Gasteiger partial charge in [-0.05, 0) is 38.1 Å². The lowest BCUT2D eigenvalue weighted by molar-refractivity contribution is 0.0531. The molecule has 0 radical (unpaired) electrons. The van der Waals surface area contributed by atoms with Gasteiger partial charge in [-0.15, -0.1) is 10.2 Å². The molecular formula is C20H22N4O3. The average molecular weight is 366 g/mol. The molecule has 1 fully saturated rings. The smallest absolute Gasteiger partial charge is 0.289 e. The van der Waals surface area contributed by atoms with Crippen LogP contribution in [0.5, 0.6) is 0 Å². The van der Waals surface area contributed by atoms with E-state index in [1.165, 1.54) is 11.8 Å². The molecule has 7 nitrogen and oxygen atoms in total. The molecule has 1 amide bonds. The van der Waals surface area contributed by atoms with E-state index in [0.717, 1.165) is 18.7 Å². The predicted octanol–water partition coefficient (Wildman–Crippen LogP) is 3.16. The summed E-state index contributed by atoms with van der Waals surface area (Å²) in [5.41, 5.74) is 2.11. The molecule has 0 bridgehead atoms. The minimum absolute atomic E-state index is 0.00226. The molecule has 1 saturated heterocycles. The van der Waals surface area contributed by atoms with Gasteiger partial charge >= 0.3 is 0 Å². The highest BCUT2D eigenvalue weighted by atomic mass is 16.4. The first-order chi connectivity index (χ1) is 13.1. The Morgan fingerprint density at radius 1 is 1.07 bits per heavy atom. The van der Waals surface area contributed by atoms with Gasteiger partial charge in [0.05, 0.1) is 12.3 Å². The lowest BCUT2D eigenvalue weighted by Gasteiger charge is -2.36. The third kappa shape index (κ3) is 3.64.